The lowest BCUT2D eigenvalue weighted by Crippen LogP contribution is -2.30. The summed E-state index contributed by atoms with van der Waals surface area (Å²) < 4.78 is 9.16. The van der Waals surface area contributed by atoms with Crippen LogP contribution in [0.3, 0.4) is 0 Å². The summed E-state index contributed by atoms with van der Waals surface area (Å²) in [5.41, 5.74) is 15.9. The van der Waals surface area contributed by atoms with Gasteiger partial charge in [0, 0.05) is 66.8 Å². The van der Waals surface area contributed by atoms with Crippen LogP contribution >= 0.6 is 0 Å². The van der Waals surface area contributed by atoms with E-state index in [1.807, 2.05) is 0 Å². The van der Waals surface area contributed by atoms with Crippen molar-refractivity contribution in [2.75, 3.05) is 4.90 Å². The number of hydrogen-bond acceptors (Lipinski definition) is 4. The first-order valence-electron chi connectivity index (χ1n) is 24.3. The minimum Gasteiger partial charge on any atom is -0.333 e. The summed E-state index contributed by atoms with van der Waals surface area (Å²) in [5, 5.41) is 8.06. The number of anilines is 2. The molecule has 6 heterocycles. The molecule has 9 aromatic carbocycles. The lowest BCUT2D eigenvalue weighted by molar-refractivity contribution is 0.796. The van der Waals surface area contributed by atoms with Crippen LogP contribution in [-0.4, -0.2) is 39.3 Å². The van der Waals surface area contributed by atoms with Gasteiger partial charge in [-0.3, -0.25) is 13.7 Å². The molecule has 16 rings (SSSR count). The minimum atomic E-state index is 0.117. The van der Waals surface area contributed by atoms with Crippen LogP contribution in [0.25, 0.3) is 112 Å². The van der Waals surface area contributed by atoms with Crippen LogP contribution in [0, 0.1) is 0 Å². The first-order valence-corrected chi connectivity index (χ1v) is 24.3. The first-order chi connectivity index (χ1) is 35.2. The third-order valence-electron chi connectivity index (χ3n) is 15.2. The summed E-state index contributed by atoms with van der Waals surface area (Å²) in [4.78, 5) is 19.4. The van der Waals surface area contributed by atoms with E-state index in [2.05, 4.69) is 248 Å². The average molecular weight is 909 g/mol. The molecular formula is C63H40N8. The maximum absolute atomic E-state index is 5.68. The van der Waals surface area contributed by atoms with Crippen LogP contribution in [0.1, 0.15) is 16.8 Å². The van der Waals surface area contributed by atoms with Gasteiger partial charge in [-0.25, -0.2) is 0 Å². The van der Waals surface area contributed by atoms with Gasteiger partial charge in [-0.15, -0.1) is 0 Å². The Balaban J connectivity index is 1.01. The molecule has 14 aromatic rings. The minimum absolute atomic E-state index is 0.117. The Bertz CT molecular complexity index is 4520. The SMILES string of the molecule is C1=C2c3ccccc3N(c3ccccc3)C2Cc2c1n(-c1nc(-n3c4ccccc4c4ccccc43)nc(-n3c4ccccc4c4cc5c(cc43)c3ccccc3n5-c3ccccc3)n1)c1ccccc21. The second kappa shape index (κ2) is 14.5. The second-order valence-electron chi connectivity index (χ2n) is 18.8. The van der Waals surface area contributed by atoms with Crippen LogP contribution in [0.5, 0.6) is 0 Å². The molecule has 0 N–H and O–H groups in total. The van der Waals surface area contributed by atoms with Crippen molar-refractivity contribution in [3.05, 3.63) is 235 Å². The molecule has 1 aliphatic carbocycles. The van der Waals surface area contributed by atoms with E-state index in [9.17, 15) is 0 Å². The molecule has 5 aromatic heterocycles. The van der Waals surface area contributed by atoms with E-state index in [1.54, 1.807) is 0 Å². The van der Waals surface area contributed by atoms with Gasteiger partial charge in [0.2, 0.25) is 17.8 Å². The normalized spacial score (nSPS) is 14.3. The maximum atomic E-state index is 5.68. The molecule has 1 aliphatic heterocycles. The summed E-state index contributed by atoms with van der Waals surface area (Å²) in [7, 11) is 0. The third-order valence-corrected chi connectivity index (χ3v) is 15.2. The number of nitrogens with zero attached hydrogens (tertiary/aromatic N) is 8. The Hall–Kier alpha value is -9.53. The molecule has 0 radical (unpaired) electrons. The van der Waals surface area contributed by atoms with Crippen molar-refractivity contribution in [1.82, 2.24) is 33.2 Å². The van der Waals surface area contributed by atoms with Gasteiger partial charge in [-0.1, -0.05) is 146 Å². The summed E-state index contributed by atoms with van der Waals surface area (Å²) in [6.07, 6.45) is 3.23. The molecule has 8 heteroatoms. The van der Waals surface area contributed by atoms with Gasteiger partial charge in [0.15, 0.2) is 0 Å². The Morgan fingerprint density at radius 2 is 0.746 bits per heavy atom. The van der Waals surface area contributed by atoms with Crippen molar-refractivity contribution in [2.24, 2.45) is 0 Å². The highest BCUT2D eigenvalue weighted by atomic mass is 15.3. The molecule has 0 saturated heterocycles. The molecule has 2 aliphatic rings. The zero-order valence-electron chi connectivity index (χ0n) is 38.2. The topological polar surface area (TPSA) is 61.6 Å². The van der Waals surface area contributed by atoms with Gasteiger partial charge in [-0.2, -0.15) is 15.0 Å². The number of rotatable bonds is 5. The number of benzene rings is 9. The van der Waals surface area contributed by atoms with Crippen molar-refractivity contribution < 1.29 is 0 Å². The zero-order chi connectivity index (χ0) is 46.3. The molecule has 0 bridgehead atoms. The molecule has 0 spiro atoms. The van der Waals surface area contributed by atoms with Crippen molar-refractivity contribution in [1.29, 1.82) is 0 Å². The predicted molar refractivity (Wildman–Crippen MR) is 290 cm³/mol. The fourth-order valence-corrected chi connectivity index (χ4v) is 12.2. The molecular weight excluding hydrogens is 869 g/mol. The maximum Gasteiger partial charge on any atom is 0.241 e. The summed E-state index contributed by atoms with van der Waals surface area (Å²) in [6.45, 7) is 0. The highest BCUT2D eigenvalue weighted by Gasteiger charge is 2.39. The van der Waals surface area contributed by atoms with E-state index >= 15 is 0 Å². The van der Waals surface area contributed by atoms with Crippen LogP contribution in [0.15, 0.2) is 218 Å². The lowest BCUT2D eigenvalue weighted by atomic mass is 9.89. The fraction of sp³-hybridized carbons (Fsp3) is 0.0317. The second-order valence-corrected chi connectivity index (χ2v) is 18.8. The standard InChI is InChI=1S/C63H40N8/c1-3-19-39(20-4-1)67-51-29-13-9-25-43(51)47-37-59-49(35-57(47)67)45-27-11-17-33-55(45)70(59)62-64-61(69-53-31-15-7-23-41(53)42-24-8-16-32-54(42)69)65-63(66-62)71-56-34-18-12-28-46(56)50-36-58-48(38-60(50)71)44-26-10-14-30-52(44)68(58)40-21-5-2-6-22-40/h1-35,37-38,58H,36H2. The number of fused-ring (bicyclic) bond motifs is 15. The molecule has 0 amide bonds. The molecule has 332 valence electrons. The van der Waals surface area contributed by atoms with Gasteiger partial charge >= 0.3 is 0 Å². The van der Waals surface area contributed by atoms with Crippen LogP contribution in [0.2, 0.25) is 0 Å². The van der Waals surface area contributed by atoms with Crippen molar-refractivity contribution in [3.63, 3.8) is 0 Å². The average Bonchev–Trinajstić information content (AvgIpc) is 4.22. The number of para-hydroxylation sites is 8. The Morgan fingerprint density at radius 3 is 1.32 bits per heavy atom. The molecule has 0 fully saturated rings. The van der Waals surface area contributed by atoms with E-state index in [1.165, 1.54) is 38.8 Å². The highest BCUT2D eigenvalue weighted by molar-refractivity contribution is 6.19. The van der Waals surface area contributed by atoms with E-state index in [0.717, 1.165) is 83.4 Å². The Morgan fingerprint density at radius 1 is 0.338 bits per heavy atom. The largest absolute Gasteiger partial charge is 0.333 e. The Labute approximate surface area is 406 Å². The molecule has 1 atom stereocenters. The van der Waals surface area contributed by atoms with Gasteiger partial charge < -0.3 is 9.47 Å². The number of aromatic nitrogens is 7. The fourth-order valence-electron chi connectivity index (χ4n) is 12.2. The highest BCUT2D eigenvalue weighted by Crippen LogP contribution is 2.50. The van der Waals surface area contributed by atoms with Gasteiger partial charge in [-0.05, 0) is 90.0 Å². The number of hydrogen-bond donors (Lipinski definition) is 0. The van der Waals surface area contributed by atoms with E-state index in [0.29, 0.717) is 17.8 Å². The Kier molecular flexibility index (Phi) is 7.85. The monoisotopic (exact) mass is 908 g/mol. The lowest BCUT2D eigenvalue weighted by Gasteiger charge is -2.30. The van der Waals surface area contributed by atoms with Crippen LogP contribution in [-0.2, 0) is 6.42 Å². The molecule has 1 unspecified atom stereocenters. The third kappa shape index (κ3) is 5.36. The molecule has 71 heavy (non-hydrogen) atoms. The van der Waals surface area contributed by atoms with Crippen LogP contribution in [0.4, 0.5) is 11.4 Å². The quantitative estimate of drug-likeness (QED) is 0.173. The van der Waals surface area contributed by atoms with E-state index in [-0.39, 0.29) is 6.04 Å². The summed E-state index contributed by atoms with van der Waals surface area (Å²) >= 11 is 0. The van der Waals surface area contributed by atoms with Crippen LogP contribution < -0.4 is 4.90 Å². The van der Waals surface area contributed by atoms with Gasteiger partial charge in [0.05, 0.1) is 50.4 Å². The smallest absolute Gasteiger partial charge is 0.241 e. The van der Waals surface area contributed by atoms with Gasteiger partial charge in [0.25, 0.3) is 0 Å². The van der Waals surface area contributed by atoms with Crippen molar-refractivity contribution in [2.45, 2.75) is 12.5 Å². The predicted octanol–water partition coefficient (Wildman–Crippen LogP) is 14.7. The summed E-state index contributed by atoms with van der Waals surface area (Å²) in [6, 6.07) is 78.4. The van der Waals surface area contributed by atoms with Crippen molar-refractivity contribution in [3.8, 4) is 23.5 Å². The first kappa shape index (κ1) is 38.4. The van der Waals surface area contributed by atoms with E-state index in [4.69, 9.17) is 15.0 Å². The van der Waals surface area contributed by atoms with Gasteiger partial charge in [0.1, 0.15) is 0 Å². The summed E-state index contributed by atoms with van der Waals surface area (Å²) in [5.74, 6) is 1.64. The molecule has 0 saturated carbocycles. The zero-order valence-corrected chi connectivity index (χ0v) is 38.2. The molecule has 8 nitrogen and oxygen atoms in total. The van der Waals surface area contributed by atoms with E-state index < -0.39 is 0 Å². The van der Waals surface area contributed by atoms with Crippen molar-refractivity contribution >= 4 is 99.3 Å².